The second kappa shape index (κ2) is 10.00. The summed E-state index contributed by atoms with van der Waals surface area (Å²) in [6.07, 6.45) is -0.355. The molecule has 1 unspecified atom stereocenters. The van der Waals surface area contributed by atoms with Gasteiger partial charge < -0.3 is 20.3 Å². The zero-order valence-electron chi connectivity index (χ0n) is 19.0. The van der Waals surface area contributed by atoms with Crippen LogP contribution in [-0.2, 0) is 4.74 Å². The largest absolute Gasteiger partial charge is 0.442 e. The summed E-state index contributed by atoms with van der Waals surface area (Å²) in [5.41, 5.74) is -0.289. The minimum absolute atomic E-state index is 0.0451. The van der Waals surface area contributed by atoms with Crippen molar-refractivity contribution in [1.29, 1.82) is 5.26 Å². The third kappa shape index (κ3) is 5.43. The van der Waals surface area contributed by atoms with Gasteiger partial charge in [-0.3, -0.25) is 4.90 Å². The number of carbonyl (C=O) groups is 1. The fourth-order valence-corrected chi connectivity index (χ4v) is 4.34. The summed E-state index contributed by atoms with van der Waals surface area (Å²) < 4.78 is 47.7. The smallest absolute Gasteiger partial charge is 0.414 e. The minimum Gasteiger partial charge on any atom is -0.442 e. The number of piperidine rings is 1. The number of nitrogens with zero attached hydrogens (tertiary/aromatic N) is 3. The van der Waals surface area contributed by atoms with Crippen molar-refractivity contribution in [2.45, 2.75) is 31.4 Å². The third-order valence-corrected chi connectivity index (χ3v) is 6.32. The lowest BCUT2D eigenvalue weighted by Crippen LogP contribution is -2.48. The molecule has 0 spiro atoms. The van der Waals surface area contributed by atoms with E-state index in [4.69, 9.17) is 17.0 Å². The summed E-state index contributed by atoms with van der Waals surface area (Å²) in [6, 6.07) is 9.87. The van der Waals surface area contributed by atoms with Crippen LogP contribution in [0.3, 0.4) is 0 Å². The molecule has 1 amide bonds. The maximum absolute atomic E-state index is 15.1. The maximum atomic E-state index is 15.1. The number of amides is 1. The van der Waals surface area contributed by atoms with Gasteiger partial charge in [0.2, 0.25) is 0 Å². The van der Waals surface area contributed by atoms with Crippen molar-refractivity contribution in [3.63, 3.8) is 0 Å². The van der Waals surface area contributed by atoms with Gasteiger partial charge in [0.15, 0.2) is 0 Å². The first kappa shape index (κ1) is 24.6. The van der Waals surface area contributed by atoms with E-state index in [0.29, 0.717) is 48.8 Å². The summed E-state index contributed by atoms with van der Waals surface area (Å²) in [4.78, 5) is 16.0. The number of hydrogen-bond acceptors (Lipinski definition) is 6. The minimum atomic E-state index is -1.06. The fourth-order valence-electron chi connectivity index (χ4n) is 4.26. The Bertz CT molecular complexity index is 1180. The van der Waals surface area contributed by atoms with Crippen LogP contribution in [0.5, 0.6) is 0 Å². The van der Waals surface area contributed by atoms with E-state index in [2.05, 4.69) is 16.7 Å². The van der Waals surface area contributed by atoms with Crippen LogP contribution in [0, 0.1) is 28.8 Å². The van der Waals surface area contributed by atoms with Crippen LogP contribution in [0.15, 0.2) is 36.4 Å². The topological polar surface area (TPSA) is 80.6 Å². The molecule has 2 N–H and O–H groups in total. The molecule has 0 aromatic heterocycles. The van der Waals surface area contributed by atoms with Crippen molar-refractivity contribution in [1.82, 2.24) is 5.32 Å². The first-order chi connectivity index (χ1) is 16.7. The zero-order valence-corrected chi connectivity index (χ0v) is 19.8. The maximum Gasteiger partial charge on any atom is 0.414 e. The van der Waals surface area contributed by atoms with E-state index in [0.717, 1.165) is 12.1 Å². The molecule has 0 bridgehead atoms. The highest BCUT2D eigenvalue weighted by Gasteiger charge is 2.37. The molecule has 7 nitrogen and oxygen atoms in total. The van der Waals surface area contributed by atoms with Gasteiger partial charge in [0.1, 0.15) is 29.1 Å². The number of anilines is 3. The molecule has 2 fully saturated rings. The Morgan fingerprint density at radius 3 is 2.57 bits per heavy atom. The normalized spacial score (nSPS) is 19.2. The van der Waals surface area contributed by atoms with E-state index >= 15 is 4.39 Å². The first-order valence-electron chi connectivity index (χ1n) is 11.1. The predicted molar refractivity (Wildman–Crippen MR) is 130 cm³/mol. The molecule has 2 heterocycles. The lowest BCUT2D eigenvalue weighted by Gasteiger charge is -2.39. The van der Waals surface area contributed by atoms with E-state index in [-0.39, 0.29) is 12.2 Å². The molecule has 2 aliphatic heterocycles. The highest BCUT2D eigenvalue weighted by molar-refractivity contribution is 7.80. The number of hydrogen-bond donors (Lipinski definition) is 2. The fraction of sp³-hybridized carbons (Fsp3) is 0.375. The number of halogens is 3. The van der Waals surface area contributed by atoms with Crippen LogP contribution in [0.25, 0.3) is 0 Å². The molecule has 2 aliphatic rings. The summed E-state index contributed by atoms with van der Waals surface area (Å²) in [5.74, 6) is -1.99. The van der Waals surface area contributed by atoms with Crippen molar-refractivity contribution >= 4 is 40.4 Å². The zero-order chi connectivity index (χ0) is 25.2. The predicted octanol–water partition coefficient (Wildman–Crippen LogP) is 4.34. The number of nitriles is 1. The van der Waals surface area contributed by atoms with E-state index < -0.39 is 35.2 Å². The van der Waals surface area contributed by atoms with Crippen LogP contribution in [0.1, 0.15) is 19.8 Å². The SMILES string of the molecule is CC(=S)NCC1CN(c2ccc(N3CCC(C#N)(Nc4ccc(F)cc4F)CC3)c(F)c2)C(=O)O1. The van der Waals surface area contributed by atoms with Crippen LogP contribution in [0.4, 0.5) is 35.0 Å². The highest BCUT2D eigenvalue weighted by atomic mass is 32.1. The van der Waals surface area contributed by atoms with Crippen LogP contribution in [0.2, 0.25) is 0 Å². The molecule has 2 aromatic rings. The van der Waals surface area contributed by atoms with Crippen LogP contribution >= 0.6 is 12.2 Å². The van der Waals surface area contributed by atoms with Crippen LogP contribution in [-0.4, -0.2) is 48.9 Å². The quantitative estimate of drug-likeness (QED) is 0.568. The lowest BCUT2D eigenvalue weighted by molar-refractivity contribution is 0.143. The molecule has 0 saturated carbocycles. The molecular formula is C24H24F3N5O2S. The molecule has 184 valence electrons. The molecule has 4 rings (SSSR count). The van der Waals surface area contributed by atoms with Gasteiger partial charge in [0.25, 0.3) is 0 Å². The Kier molecular flexibility index (Phi) is 7.03. The van der Waals surface area contributed by atoms with Crippen molar-refractivity contribution < 1.29 is 22.7 Å². The van der Waals surface area contributed by atoms with Gasteiger partial charge in [-0.1, -0.05) is 12.2 Å². The van der Waals surface area contributed by atoms with E-state index in [1.54, 1.807) is 24.0 Å². The molecule has 35 heavy (non-hydrogen) atoms. The average Bonchev–Trinajstić information content (AvgIpc) is 3.20. The van der Waals surface area contributed by atoms with Gasteiger partial charge in [0, 0.05) is 32.0 Å². The third-order valence-electron chi connectivity index (χ3n) is 6.17. The molecule has 11 heteroatoms. The first-order valence-corrected chi connectivity index (χ1v) is 11.5. The number of benzene rings is 2. The molecule has 0 radical (unpaired) electrons. The average molecular weight is 504 g/mol. The Labute approximate surface area is 206 Å². The van der Waals surface area contributed by atoms with E-state index in [1.165, 1.54) is 17.0 Å². The molecule has 0 aliphatic carbocycles. The number of cyclic esters (lactones) is 1. The standard InChI is InChI=1S/C24H24F3N5O2S/c1-15(35)29-12-18-13-32(23(33)34-18)17-3-5-22(20(27)11-17)31-8-6-24(14-28,7-9-31)30-21-4-2-16(25)10-19(21)26/h2-5,10-11,18,30H,6-9,12-13H2,1H3,(H,29,35). The molecule has 2 saturated heterocycles. The summed E-state index contributed by atoms with van der Waals surface area (Å²) in [7, 11) is 0. The second-order valence-electron chi connectivity index (χ2n) is 8.62. The van der Waals surface area contributed by atoms with Gasteiger partial charge in [-0.2, -0.15) is 5.26 Å². The number of carbonyl (C=O) groups excluding carboxylic acids is 1. The summed E-state index contributed by atoms with van der Waals surface area (Å²) >= 11 is 4.97. The van der Waals surface area contributed by atoms with E-state index in [1.807, 2.05) is 0 Å². The van der Waals surface area contributed by atoms with Crippen molar-refractivity contribution in [2.75, 3.05) is 41.3 Å². The van der Waals surface area contributed by atoms with E-state index in [9.17, 15) is 18.8 Å². The summed E-state index contributed by atoms with van der Waals surface area (Å²) in [6.45, 7) is 3.07. The molecule has 2 aromatic carbocycles. The molecule has 1 atom stereocenters. The van der Waals surface area contributed by atoms with Crippen LogP contribution < -0.4 is 20.4 Å². The van der Waals surface area contributed by atoms with Gasteiger partial charge in [-0.15, -0.1) is 0 Å². The van der Waals surface area contributed by atoms with Gasteiger partial charge in [-0.25, -0.2) is 18.0 Å². The lowest BCUT2D eigenvalue weighted by atomic mass is 9.88. The number of nitrogens with one attached hydrogen (secondary N) is 2. The monoisotopic (exact) mass is 503 g/mol. The number of thiocarbonyl (C=S) groups is 1. The Morgan fingerprint density at radius 2 is 1.94 bits per heavy atom. The number of rotatable bonds is 6. The highest BCUT2D eigenvalue weighted by Crippen LogP contribution is 2.33. The van der Waals surface area contributed by atoms with Gasteiger partial charge in [-0.05, 0) is 37.3 Å². The van der Waals surface area contributed by atoms with Crippen molar-refractivity contribution in [2.24, 2.45) is 0 Å². The second-order valence-corrected chi connectivity index (χ2v) is 9.23. The molecular weight excluding hydrogens is 479 g/mol. The Hall–Kier alpha value is -3.52. The van der Waals surface area contributed by atoms with Crippen molar-refractivity contribution in [3.8, 4) is 6.07 Å². The summed E-state index contributed by atoms with van der Waals surface area (Å²) in [5, 5.41) is 15.6. The van der Waals surface area contributed by atoms with Crippen molar-refractivity contribution in [3.05, 3.63) is 53.8 Å². The number of ether oxygens (including phenoxy) is 1. The van der Waals surface area contributed by atoms with Gasteiger partial charge in [0.05, 0.1) is 41.2 Å². The van der Waals surface area contributed by atoms with Gasteiger partial charge >= 0.3 is 6.09 Å². The Morgan fingerprint density at radius 1 is 1.20 bits per heavy atom. The Balaban J connectivity index is 1.41.